The Kier molecular flexibility index (Phi) is 7.47. The Morgan fingerprint density at radius 2 is 1.81 bits per heavy atom. The Hall–Kier alpha value is -2.25. The average Bonchev–Trinajstić information content (AvgIpc) is 2.55. The number of benzene rings is 2. The summed E-state index contributed by atoms with van der Waals surface area (Å²) in [7, 11) is 0. The van der Waals surface area contributed by atoms with Crippen molar-refractivity contribution < 1.29 is 22.7 Å². The van der Waals surface area contributed by atoms with Crippen LogP contribution >= 0.6 is 12.4 Å². The molecule has 26 heavy (non-hydrogen) atoms. The van der Waals surface area contributed by atoms with Crippen molar-refractivity contribution in [3.63, 3.8) is 0 Å². The minimum Gasteiger partial charge on any atom is -0.481 e. The van der Waals surface area contributed by atoms with Crippen LogP contribution in [-0.2, 0) is 17.5 Å². The van der Waals surface area contributed by atoms with Crippen LogP contribution in [0.15, 0.2) is 42.5 Å². The molecule has 142 valence electrons. The van der Waals surface area contributed by atoms with Gasteiger partial charge in [0.05, 0.1) is 5.56 Å². The normalized spacial score (nSPS) is 12.1. The number of halogens is 4. The van der Waals surface area contributed by atoms with E-state index in [1.54, 1.807) is 12.1 Å². The second-order valence-electron chi connectivity index (χ2n) is 5.68. The number of hydrogen-bond acceptors (Lipinski definition) is 3. The number of aryl methyl sites for hydroxylation is 1. The lowest BCUT2D eigenvalue weighted by molar-refractivity contribution is -0.137. The number of carbonyl (C=O) groups is 1. The Morgan fingerprint density at radius 1 is 1.19 bits per heavy atom. The Balaban J connectivity index is 0.00000338. The standard InChI is InChI=1S/C18H19F3N2O2.ClH/c1-11-3-5-16(6-4-11)25-12(2)17(24)23-15-8-13(10-22)7-14(9-15)18(19,20)21;/h3-9,12H,10,22H2,1-2H3,(H,23,24);1H. The van der Waals surface area contributed by atoms with Gasteiger partial charge in [0.1, 0.15) is 5.75 Å². The molecule has 0 radical (unpaired) electrons. The number of anilines is 1. The molecule has 0 aliphatic heterocycles. The molecule has 1 unspecified atom stereocenters. The zero-order valence-electron chi connectivity index (χ0n) is 14.3. The summed E-state index contributed by atoms with van der Waals surface area (Å²) in [4.78, 5) is 12.2. The number of rotatable bonds is 5. The fourth-order valence-electron chi connectivity index (χ4n) is 2.16. The summed E-state index contributed by atoms with van der Waals surface area (Å²) < 4.78 is 44.3. The van der Waals surface area contributed by atoms with Gasteiger partial charge in [-0.05, 0) is 49.7 Å². The largest absolute Gasteiger partial charge is 0.481 e. The van der Waals surface area contributed by atoms with Crippen LogP contribution in [0, 0.1) is 6.92 Å². The van der Waals surface area contributed by atoms with Crippen LogP contribution in [0.1, 0.15) is 23.6 Å². The van der Waals surface area contributed by atoms with Gasteiger partial charge in [-0.2, -0.15) is 13.2 Å². The molecule has 0 aliphatic carbocycles. The molecular weight excluding hydrogens is 369 g/mol. The average molecular weight is 389 g/mol. The van der Waals surface area contributed by atoms with E-state index < -0.39 is 23.8 Å². The Morgan fingerprint density at radius 3 is 2.35 bits per heavy atom. The van der Waals surface area contributed by atoms with Crippen LogP contribution in [0.5, 0.6) is 5.75 Å². The fraction of sp³-hybridized carbons (Fsp3) is 0.278. The lowest BCUT2D eigenvalue weighted by atomic mass is 10.1. The number of carbonyl (C=O) groups excluding carboxylic acids is 1. The molecular formula is C18H20ClF3N2O2. The second kappa shape index (κ2) is 8.91. The van der Waals surface area contributed by atoms with Crippen molar-refractivity contribution >= 4 is 24.0 Å². The van der Waals surface area contributed by atoms with E-state index in [0.29, 0.717) is 5.75 Å². The highest BCUT2D eigenvalue weighted by molar-refractivity contribution is 5.94. The van der Waals surface area contributed by atoms with E-state index in [2.05, 4.69) is 5.32 Å². The van der Waals surface area contributed by atoms with Crippen LogP contribution in [0.2, 0.25) is 0 Å². The third kappa shape index (κ3) is 5.93. The first-order chi connectivity index (χ1) is 11.7. The first-order valence-corrected chi connectivity index (χ1v) is 7.64. The van der Waals surface area contributed by atoms with Crippen LogP contribution in [0.4, 0.5) is 18.9 Å². The molecule has 0 aliphatic rings. The fourth-order valence-corrected chi connectivity index (χ4v) is 2.16. The molecule has 0 spiro atoms. The van der Waals surface area contributed by atoms with Gasteiger partial charge < -0.3 is 15.8 Å². The van der Waals surface area contributed by atoms with Crippen molar-refractivity contribution in [1.82, 2.24) is 0 Å². The lowest BCUT2D eigenvalue weighted by Gasteiger charge is -2.16. The highest BCUT2D eigenvalue weighted by Gasteiger charge is 2.31. The van der Waals surface area contributed by atoms with Gasteiger partial charge in [-0.3, -0.25) is 4.79 Å². The van der Waals surface area contributed by atoms with E-state index >= 15 is 0 Å². The van der Waals surface area contributed by atoms with Crippen molar-refractivity contribution in [2.24, 2.45) is 5.73 Å². The van der Waals surface area contributed by atoms with E-state index in [-0.39, 0.29) is 30.2 Å². The predicted molar refractivity (Wildman–Crippen MR) is 96.5 cm³/mol. The Bertz CT molecular complexity index is 749. The molecule has 2 rings (SSSR count). The van der Waals surface area contributed by atoms with E-state index in [9.17, 15) is 18.0 Å². The molecule has 0 saturated carbocycles. The number of amides is 1. The zero-order chi connectivity index (χ0) is 18.6. The summed E-state index contributed by atoms with van der Waals surface area (Å²) in [5.74, 6) is -0.0530. The number of hydrogen-bond donors (Lipinski definition) is 2. The van der Waals surface area contributed by atoms with Gasteiger partial charge in [-0.25, -0.2) is 0 Å². The maximum atomic E-state index is 12.9. The SMILES string of the molecule is Cc1ccc(OC(C)C(=O)Nc2cc(CN)cc(C(F)(F)F)c2)cc1.Cl. The predicted octanol–water partition coefficient (Wildman–Crippen LogP) is 4.30. The maximum Gasteiger partial charge on any atom is 0.416 e. The molecule has 0 heterocycles. The summed E-state index contributed by atoms with van der Waals surface area (Å²) in [6, 6.07) is 10.3. The van der Waals surface area contributed by atoms with Gasteiger partial charge in [0, 0.05) is 12.2 Å². The van der Waals surface area contributed by atoms with Crippen LogP contribution < -0.4 is 15.8 Å². The zero-order valence-corrected chi connectivity index (χ0v) is 15.1. The molecule has 0 fully saturated rings. The molecule has 0 bridgehead atoms. The third-order valence-corrected chi connectivity index (χ3v) is 3.53. The first kappa shape index (κ1) is 21.8. The number of ether oxygens (including phenoxy) is 1. The topological polar surface area (TPSA) is 64.3 Å². The van der Waals surface area contributed by atoms with Crippen LogP contribution in [0.25, 0.3) is 0 Å². The minimum atomic E-state index is -4.52. The molecule has 1 atom stereocenters. The molecule has 8 heteroatoms. The van der Waals surface area contributed by atoms with Crippen molar-refractivity contribution in [3.8, 4) is 5.75 Å². The highest BCUT2D eigenvalue weighted by atomic mass is 35.5. The second-order valence-corrected chi connectivity index (χ2v) is 5.68. The van der Waals surface area contributed by atoms with Gasteiger partial charge in [0.15, 0.2) is 6.10 Å². The quantitative estimate of drug-likeness (QED) is 0.802. The summed E-state index contributed by atoms with van der Waals surface area (Å²) in [5, 5.41) is 2.44. The molecule has 2 aromatic rings. The lowest BCUT2D eigenvalue weighted by Crippen LogP contribution is -2.30. The van der Waals surface area contributed by atoms with Gasteiger partial charge in [-0.1, -0.05) is 17.7 Å². The molecule has 0 aromatic heterocycles. The summed E-state index contributed by atoms with van der Waals surface area (Å²) >= 11 is 0. The van der Waals surface area contributed by atoms with E-state index in [4.69, 9.17) is 10.5 Å². The molecule has 3 N–H and O–H groups in total. The van der Waals surface area contributed by atoms with Crippen LogP contribution in [0.3, 0.4) is 0 Å². The van der Waals surface area contributed by atoms with Gasteiger partial charge >= 0.3 is 6.18 Å². The first-order valence-electron chi connectivity index (χ1n) is 7.64. The third-order valence-electron chi connectivity index (χ3n) is 3.53. The highest BCUT2D eigenvalue weighted by Crippen LogP contribution is 2.32. The molecule has 4 nitrogen and oxygen atoms in total. The minimum absolute atomic E-state index is 0. The summed E-state index contributed by atoms with van der Waals surface area (Å²) in [6.07, 6.45) is -5.40. The van der Waals surface area contributed by atoms with E-state index in [0.717, 1.165) is 17.7 Å². The monoisotopic (exact) mass is 388 g/mol. The summed E-state index contributed by atoms with van der Waals surface area (Å²) in [5.41, 5.74) is 5.91. The van der Waals surface area contributed by atoms with Gasteiger partial charge in [0.25, 0.3) is 5.91 Å². The number of nitrogens with two attached hydrogens (primary N) is 1. The van der Waals surface area contributed by atoms with Crippen molar-refractivity contribution in [2.45, 2.75) is 32.7 Å². The summed E-state index contributed by atoms with van der Waals surface area (Å²) in [6.45, 7) is 3.37. The van der Waals surface area contributed by atoms with E-state index in [1.165, 1.54) is 13.0 Å². The van der Waals surface area contributed by atoms with Crippen LogP contribution in [-0.4, -0.2) is 12.0 Å². The van der Waals surface area contributed by atoms with Crippen molar-refractivity contribution in [1.29, 1.82) is 0 Å². The van der Waals surface area contributed by atoms with Gasteiger partial charge in [0.2, 0.25) is 0 Å². The molecule has 1 amide bonds. The Labute approximate surface area is 155 Å². The van der Waals surface area contributed by atoms with Gasteiger partial charge in [-0.15, -0.1) is 12.4 Å². The van der Waals surface area contributed by atoms with Crippen molar-refractivity contribution in [3.05, 3.63) is 59.2 Å². The molecule has 0 saturated heterocycles. The number of alkyl halides is 3. The maximum absolute atomic E-state index is 12.9. The molecule has 2 aromatic carbocycles. The van der Waals surface area contributed by atoms with Crippen molar-refractivity contribution in [2.75, 3.05) is 5.32 Å². The smallest absolute Gasteiger partial charge is 0.416 e. The number of nitrogens with one attached hydrogen (secondary N) is 1. The van der Waals surface area contributed by atoms with E-state index in [1.807, 2.05) is 19.1 Å².